The number of H-pyrrole nitrogens is 1. The summed E-state index contributed by atoms with van der Waals surface area (Å²) in [4.78, 5) is 7.42. The van der Waals surface area contributed by atoms with Crippen LogP contribution in [0.25, 0.3) is 11.0 Å². The van der Waals surface area contributed by atoms with Gasteiger partial charge in [0.2, 0.25) is 0 Å². The van der Waals surface area contributed by atoms with Crippen LogP contribution >= 0.6 is 0 Å². The maximum Gasteiger partial charge on any atom is 1.00 e. The summed E-state index contributed by atoms with van der Waals surface area (Å²) >= 11 is 0. The van der Waals surface area contributed by atoms with E-state index in [0.717, 1.165) is 18.7 Å². The Balaban J connectivity index is 0.00000480. The molecule has 0 fully saturated rings. The number of nitrogens with zero attached hydrogens (tertiary/aromatic N) is 1. The fourth-order valence-corrected chi connectivity index (χ4v) is 4.48. The molecule has 0 unspecified atom stereocenters. The van der Waals surface area contributed by atoms with Crippen molar-refractivity contribution in [2.75, 3.05) is 0 Å². The number of hydrogen-bond donors (Lipinski definition) is 1. The predicted octanol–water partition coefficient (Wildman–Crippen LogP) is 3.88. The summed E-state index contributed by atoms with van der Waals surface area (Å²) in [5.41, 5.74) is 1.32. The maximum absolute atomic E-state index is 11.1. The van der Waals surface area contributed by atoms with E-state index < -0.39 is 10.1 Å². The molecule has 0 spiro atoms. The summed E-state index contributed by atoms with van der Waals surface area (Å²) < 4.78 is 33.4. The van der Waals surface area contributed by atoms with Crippen LogP contribution in [0.4, 0.5) is 0 Å². The van der Waals surface area contributed by atoms with Gasteiger partial charge in [0.05, 0.1) is 15.9 Å². The number of unbranched alkanes of at least 4 members (excludes halogenated alkanes) is 14. The van der Waals surface area contributed by atoms with Crippen LogP contribution in [-0.4, -0.2) is 22.9 Å². The van der Waals surface area contributed by atoms with Gasteiger partial charge in [-0.3, -0.25) is 0 Å². The van der Waals surface area contributed by atoms with Crippen molar-refractivity contribution in [2.24, 2.45) is 0 Å². The van der Waals surface area contributed by atoms with Gasteiger partial charge < -0.3 is 9.54 Å². The van der Waals surface area contributed by atoms with Gasteiger partial charge in [0.1, 0.15) is 15.9 Å². The van der Waals surface area contributed by atoms with Crippen molar-refractivity contribution in [1.82, 2.24) is 9.97 Å². The number of nitrogens with one attached hydrogen (secondary N) is 1. The van der Waals surface area contributed by atoms with Gasteiger partial charge in [-0.2, -0.15) is 0 Å². The minimum atomic E-state index is -4.43. The number of rotatable bonds is 17. The van der Waals surface area contributed by atoms with E-state index in [1.807, 2.05) is 0 Å². The zero-order valence-electron chi connectivity index (χ0n) is 19.6. The fourth-order valence-electron chi connectivity index (χ4n) is 3.98. The van der Waals surface area contributed by atoms with E-state index in [9.17, 15) is 13.0 Å². The summed E-state index contributed by atoms with van der Waals surface area (Å²) in [7, 11) is -4.43. The monoisotopic (exact) mass is 458 g/mol. The van der Waals surface area contributed by atoms with Crippen LogP contribution in [0, 0.1) is 0 Å². The van der Waals surface area contributed by atoms with Gasteiger partial charge in [-0.05, 0) is 24.6 Å². The molecule has 7 heteroatoms. The predicted molar refractivity (Wildman–Crippen MR) is 123 cm³/mol. The Morgan fingerprint density at radius 2 is 1.29 bits per heavy atom. The van der Waals surface area contributed by atoms with Gasteiger partial charge in [0, 0.05) is 6.42 Å². The molecule has 0 aliphatic carbocycles. The van der Waals surface area contributed by atoms with Crippen LogP contribution in [0.5, 0.6) is 0 Å². The fraction of sp³-hybridized carbons (Fsp3) is 0.708. The molecule has 2 rings (SSSR count). The van der Waals surface area contributed by atoms with Crippen LogP contribution in [-0.2, 0) is 16.5 Å². The van der Waals surface area contributed by atoms with Crippen LogP contribution < -0.4 is 29.6 Å². The van der Waals surface area contributed by atoms with Crippen molar-refractivity contribution >= 4 is 21.2 Å². The molecule has 0 bridgehead atoms. The van der Waals surface area contributed by atoms with Crippen LogP contribution in [0.2, 0.25) is 0 Å². The number of benzene rings is 1. The molecule has 0 radical (unpaired) electrons. The molecule has 1 aromatic heterocycles. The SMILES string of the molecule is CCCCCCCCCCCCCCCCCc1nc2ccc(S(=O)(=O)[O-])cc2[nH]1.[Na+]. The summed E-state index contributed by atoms with van der Waals surface area (Å²) in [6.45, 7) is 2.27. The third-order valence-corrected chi connectivity index (χ3v) is 6.64. The second kappa shape index (κ2) is 16.2. The first-order valence-electron chi connectivity index (χ1n) is 12.0. The Kier molecular flexibility index (Phi) is 15.0. The molecule has 170 valence electrons. The molecule has 2 aromatic rings. The quantitative estimate of drug-likeness (QED) is 0.221. The summed E-state index contributed by atoms with van der Waals surface area (Å²) in [6, 6.07) is 4.29. The Bertz CT molecular complexity index is 836. The average Bonchev–Trinajstić information content (AvgIpc) is 3.12. The van der Waals surface area contributed by atoms with Crippen LogP contribution in [0.15, 0.2) is 23.1 Å². The van der Waals surface area contributed by atoms with Crippen molar-refractivity contribution in [3.63, 3.8) is 0 Å². The first-order chi connectivity index (χ1) is 14.5. The van der Waals surface area contributed by atoms with Crippen molar-refractivity contribution in [2.45, 2.75) is 115 Å². The first kappa shape index (κ1) is 28.6. The third kappa shape index (κ3) is 11.9. The zero-order chi connectivity index (χ0) is 21.7. The molecule has 0 atom stereocenters. The molecular formula is C24H39N2NaO3S. The minimum absolute atomic E-state index is 0. The summed E-state index contributed by atoms with van der Waals surface area (Å²) in [5.74, 6) is 0.861. The Hall–Kier alpha value is -0.400. The Morgan fingerprint density at radius 3 is 1.77 bits per heavy atom. The Labute approximate surface area is 211 Å². The van der Waals surface area contributed by atoms with Gasteiger partial charge in [0.25, 0.3) is 0 Å². The van der Waals surface area contributed by atoms with Crippen molar-refractivity contribution in [1.29, 1.82) is 0 Å². The zero-order valence-corrected chi connectivity index (χ0v) is 22.4. The molecule has 0 aliphatic heterocycles. The van der Waals surface area contributed by atoms with E-state index in [-0.39, 0.29) is 34.5 Å². The summed E-state index contributed by atoms with van der Waals surface area (Å²) in [5, 5.41) is 0. The largest absolute Gasteiger partial charge is 1.00 e. The van der Waals surface area contributed by atoms with E-state index in [1.165, 1.54) is 102 Å². The Morgan fingerprint density at radius 1 is 0.806 bits per heavy atom. The van der Waals surface area contributed by atoms with Gasteiger partial charge in [-0.15, -0.1) is 0 Å². The first-order valence-corrected chi connectivity index (χ1v) is 13.4. The maximum atomic E-state index is 11.1. The molecule has 5 nitrogen and oxygen atoms in total. The molecule has 0 amide bonds. The number of aryl methyl sites for hydroxylation is 1. The van der Waals surface area contributed by atoms with E-state index in [4.69, 9.17) is 0 Å². The number of aromatic nitrogens is 2. The number of aromatic amines is 1. The molecule has 0 aliphatic rings. The molecule has 1 aromatic carbocycles. The number of imidazole rings is 1. The van der Waals surface area contributed by atoms with Crippen molar-refractivity contribution in [3.05, 3.63) is 24.0 Å². The molecule has 31 heavy (non-hydrogen) atoms. The second-order valence-corrected chi connectivity index (χ2v) is 9.90. The number of fused-ring (bicyclic) bond motifs is 1. The standard InChI is InChI=1S/C24H40N2O3S.Na/c1-2-3-4-5-6-7-8-9-10-11-12-13-14-15-16-17-24-25-22-19-18-21(30(27,28)29)20-23(22)26-24;/h18-20H,2-17H2,1H3,(H,25,26)(H,27,28,29);/q;+1/p-1. The van der Waals surface area contributed by atoms with E-state index in [1.54, 1.807) is 6.07 Å². The van der Waals surface area contributed by atoms with Gasteiger partial charge in [-0.25, -0.2) is 13.4 Å². The van der Waals surface area contributed by atoms with Crippen molar-refractivity contribution in [3.8, 4) is 0 Å². The van der Waals surface area contributed by atoms with Gasteiger partial charge in [0.15, 0.2) is 0 Å². The van der Waals surface area contributed by atoms with Gasteiger partial charge >= 0.3 is 29.6 Å². The van der Waals surface area contributed by atoms with E-state index in [2.05, 4.69) is 16.9 Å². The van der Waals surface area contributed by atoms with Crippen LogP contribution in [0.3, 0.4) is 0 Å². The molecule has 1 N–H and O–H groups in total. The van der Waals surface area contributed by atoms with E-state index in [0.29, 0.717) is 11.0 Å². The molecular weight excluding hydrogens is 419 g/mol. The molecule has 0 saturated heterocycles. The third-order valence-electron chi connectivity index (χ3n) is 5.81. The smallest absolute Gasteiger partial charge is 0.744 e. The molecule has 1 heterocycles. The van der Waals surface area contributed by atoms with Crippen molar-refractivity contribution < 1.29 is 42.5 Å². The average molecular weight is 459 g/mol. The number of hydrogen-bond acceptors (Lipinski definition) is 4. The topological polar surface area (TPSA) is 85.9 Å². The minimum Gasteiger partial charge on any atom is -0.744 e. The van der Waals surface area contributed by atoms with Crippen LogP contribution in [0.1, 0.15) is 109 Å². The summed E-state index contributed by atoms with van der Waals surface area (Å²) in [6.07, 6.45) is 21.0. The van der Waals surface area contributed by atoms with E-state index >= 15 is 0 Å². The normalized spacial score (nSPS) is 11.7. The second-order valence-electron chi connectivity index (χ2n) is 8.52. The van der Waals surface area contributed by atoms with Gasteiger partial charge in [-0.1, -0.05) is 96.8 Å². The molecule has 0 saturated carbocycles.